The minimum absolute atomic E-state index is 0.235. The van der Waals surface area contributed by atoms with Gasteiger partial charge >= 0.3 is 0 Å². The standard InChI is InChI=1S/C30H30N4O4/c1-37-27-16-20-11-13-34(19-23(20)17-28(27)38-2)14-12-31-30(36)24-8-4-6-10-26(24)33-29(35)22-15-21-7-3-5-9-25(21)32-18-22/h3-10,15-18H,11-14,19H2,1-2H3,(H,31,36)(H,33,35). The predicted octanol–water partition coefficient (Wildman–Crippen LogP) is 4.29. The Balaban J connectivity index is 1.19. The van der Waals surface area contributed by atoms with Gasteiger partial charge in [0.05, 0.1) is 36.6 Å². The van der Waals surface area contributed by atoms with Crippen molar-refractivity contribution in [1.29, 1.82) is 0 Å². The number of nitrogens with one attached hydrogen (secondary N) is 2. The first-order valence-electron chi connectivity index (χ1n) is 12.5. The quantitative estimate of drug-likeness (QED) is 0.367. The molecule has 8 heteroatoms. The van der Waals surface area contributed by atoms with Crippen LogP contribution in [0.15, 0.2) is 72.9 Å². The fourth-order valence-electron chi connectivity index (χ4n) is 4.74. The molecule has 2 N–H and O–H groups in total. The van der Waals surface area contributed by atoms with Crippen LogP contribution < -0.4 is 20.1 Å². The summed E-state index contributed by atoms with van der Waals surface area (Å²) in [5.41, 5.74) is 4.58. The molecule has 38 heavy (non-hydrogen) atoms. The average molecular weight is 511 g/mol. The highest BCUT2D eigenvalue weighted by Crippen LogP contribution is 2.33. The lowest BCUT2D eigenvalue weighted by Gasteiger charge is -2.29. The van der Waals surface area contributed by atoms with Crippen LogP contribution in [-0.2, 0) is 13.0 Å². The van der Waals surface area contributed by atoms with Crippen molar-refractivity contribution >= 4 is 28.4 Å². The van der Waals surface area contributed by atoms with Crippen LogP contribution in [0.25, 0.3) is 10.9 Å². The molecule has 1 aliphatic rings. The van der Waals surface area contributed by atoms with E-state index in [1.165, 1.54) is 11.1 Å². The summed E-state index contributed by atoms with van der Waals surface area (Å²) in [5, 5.41) is 6.75. The Kier molecular flexibility index (Phi) is 7.51. The third-order valence-electron chi connectivity index (χ3n) is 6.78. The number of hydrogen-bond acceptors (Lipinski definition) is 6. The van der Waals surface area contributed by atoms with Crippen LogP contribution in [0.5, 0.6) is 11.5 Å². The molecule has 5 rings (SSSR count). The van der Waals surface area contributed by atoms with E-state index in [1.54, 1.807) is 50.7 Å². The van der Waals surface area contributed by atoms with E-state index in [1.807, 2.05) is 36.4 Å². The molecule has 4 aromatic rings. The van der Waals surface area contributed by atoms with Gasteiger partial charge < -0.3 is 20.1 Å². The molecule has 0 spiro atoms. The summed E-state index contributed by atoms with van der Waals surface area (Å²) in [4.78, 5) is 32.6. The number of ether oxygens (including phenoxy) is 2. The van der Waals surface area contributed by atoms with Gasteiger partial charge in [0.15, 0.2) is 11.5 Å². The van der Waals surface area contributed by atoms with Crippen LogP contribution in [0.4, 0.5) is 5.69 Å². The fraction of sp³-hybridized carbons (Fsp3) is 0.233. The molecule has 1 aliphatic heterocycles. The number of pyridine rings is 1. The molecule has 0 radical (unpaired) electrons. The number of fused-ring (bicyclic) bond motifs is 2. The molecule has 8 nitrogen and oxygen atoms in total. The molecule has 2 heterocycles. The Morgan fingerprint density at radius 3 is 2.47 bits per heavy atom. The van der Waals surface area contributed by atoms with E-state index >= 15 is 0 Å². The Hall–Kier alpha value is -4.43. The number of rotatable bonds is 8. The van der Waals surface area contributed by atoms with Crippen LogP contribution in [0, 0.1) is 0 Å². The fourth-order valence-corrected chi connectivity index (χ4v) is 4.74. The number of methoxy groups -OCH3 is 2. The van der Waals surface area contributed by atoms with Crippen LogP contribution in [0.1, 0.15) is 31.8 Å². The van der Waals surface area contributed by atoms with Crippen LogP contribution >= 0.6 is 0 Å². The van der Waals surface area contributed by atoms with Gasteiger partial charge in [0, 0.05) is 37.8 Å². The zero-order chi connectivity index (χ0) is 26.5. The molecule has 3 aromatic carbocycles. The lowest BCUT2D eigenvalue weighted by molar-refractivity contribution is 0.0948. The number of benzene rings is 3. The molecular weight excluding hydrogens is 480 g/mol. The summed E-state index contributed by atoms with van der Waals surface area (Å²) in [7, 11) is 3.28. The number of nitrogens with zero attached hydrogens (tertiary/aromatic N) is 2. The highest BCUT2D eigenvalue weighted by Gasteiger charge is 2.20. The molecule has 0 unspecified atom stereocenters. The third-order valence-corrected chi connectivity index (χ3v) is 6.78. The smallest absolute Gasteiger partial charge is 0.257 e. The Bertz CT molecular complexity index is 1490. The molecule has 0 saturated carbocycles. The third kappa shape index (κ3) is 5.45. The number of para-hydroxylation sites is 2. The Morgan fingerprint density at radius 2 is 1.66 bits per heavy atom. The SMILES string of the molecule is COc1cc2c(cc1OC)CN(CCNC(=O)c1ccccc1NC(=O)c1cnc3ccccc3c1)CC2. The molecule has 0 aliphatic carbocycles. The number of aromatic nitrogens is 1. The summed E-state index contributed by atoms with van der Waals surface area (Å²) in [6.45, 7) is 2.86. The monoisotopic (exact) mass is 510 g/mol. The number of amides is 2. The largest absolute Gasteiger partial charge is 0.493 e. The van der Waals surface area contributed by atoms with Crippen LogP contribution in [0.3, 0.4) is 0 Å². The van der Waals surface area contributed by atoms with Crippen molar-refractivity contribution in [3.8, 4) is 11.5 Å². The van der Waals surface area contributed by atoms with Crippen molar-refractivity contribution in [2.75, 3.05) is 39.2 Å². The number of hydrogen-bond donors (Lipinski definition) is 2. The van der Waals surface area contributed by atoms with E-state index < -0.39 is 0 Å². The minimum Gasteiger partial charge on any atom is -0.493 e. The van der Waals surface area contributed by atoms with Gasteiger partial charge in [0.1, 0.15) is 0 Å². The zero-order valence-electron chi connectivity index (χ0n) is 21.5. The maximum Gasteiger partial charge on any atom is 0.257 e. The number of carbonyl (C=O) groups excluding carboxylic acids is 2. The number of anilines is 1. The van der Waals surface area contributed by atoms with Gasteiger partial charge in [-0.2, -0.15) is 0 Å². The highest BCUT2D eigenvalue weighted by molar-refractivity contribution is 6.09. The van der Waals surface area contributed by atoms with Crippen LogP contribution in [0.2, 0.25) is 0 Å². The molecular formula is C30H30N4O4. The normalized spacial score (nSPS) is 13.0. The van der Waals surface area contributed by atoms with E-state index in [9.17, 15) is 9.59 Å². The minimum atomic E-state index is -0.317. The second-order valence-electron chi connectivity index (χ2n) is 9.17. The molecule has 0 fully saturated rings. The first-order valence-corrected chi connectivity index (χ1v) is 12.5. The lowest BCUT2D eigenvalue weighted by Crippen LogP contribution is -2.38. The summed E-state index contributed by atoms with van der Waals surface area (Å²) in [6.07, 6.45) is 2.45. The van der Waals surface area contributed by atoms with Crippen molar-refractivity contribution in [3.05, 3.63) is 95.2 Å². The topological polar surface area (TPSA) is 92.8 Å². The van der Waals surface area contributed by atoms with Gasteiger partial charge in [-0.1, -0.05) is 30.3 Å². The maximum absolute atomic E-state index is 13.0. The van der Waals surface area contributed by atoms with E-state index in [0.717, 1.165) is 41.9 Å². The molecule has 0 atom stereocenters. The Labute approximate surface area is 221 Å². The van der Waals surface area contributed by atoms with Gasteiger partial charge in [0.25, 0.3) is 11.8 Å². The van der Waals surface area contributed by atoms with Crippen LogP contribution in [-0.4, -0.2) is 55.6 Å². The van der Waals surface area contributed by atoms with Crippen molar-refractivity contribution in [3.63, 3.8) is 0 Å². The summed E-state index contributed by atoms with van der Waals surface area (Å²) >= 11 is 0. The van der Waals surface area contributed by atoms with Crippen molar-refractivity contribution in [2.24, 2.45) is 0 Å². The average Bonchev–Trinajstić information content (AvgIpc) is 2.96. The van der Waals surface area contributed by atoms with E-state index in [0.29, 0.717) is 29.9 Å². The molecule has 0 bridgehead atoms. The van der Waals surface area contributed by atoms with Crippen molar-refractivity contribution in [2.45, 2.75) is 13.0 Å². The Morgan fingerprint density at radius 1 is 0.921 bits per heavy atom. The van der Waals surface area contributed by atoms with Gasteiger partial charge in [-0.3, -0.25) is 19.5 Å². The number of carbonyl (C=O) groups is 2. The first kappa shape index (κ1) is 25.2. The molecule has 1 aromatic heterocycles. The molecule has 2 amide bonds. The highest BCUT2D eigenvalue weighted by atomic mass is 16.5. The van der Waals surface area contributed by atoms with E-state index in [2.05, 4.69) is 20.5 Å². The van der Waals surface area contributed by atoms with Gasteiger partial charge in [-0.25, -0.2) is 0 Å². The second kappa shape index (κ2) is 11.3. The van der Waals surface area contributed by atoms with E-state index in [4.69, 9.17) is 9.47 Å². The maximum atomic E-state index is 13.0. The van der Waals surface area contributed by atoms with E-state index in [-0.39, 0.29) is 11.8 Å². The summed E-state index contributed by atoms with van der Waals surface area (Å²) < 4.78 is 10.9. The van der Waals surface area contributed by atoms with Crippen molar-refractivity contribution in [1.82, 2.24) is 15.2 Å². The molecule has 0 saturated heterocycles. The zero-order valence-corrected chi connectivity index (χ0v) is 21.5. The summed E-state index contributed by atoms with van der Waals surface area (Å²) in [6, 6.07) is 20.5. The first-order chi connectivity index (χ1) is 18.6. The second-order valence-corrected chi connectivity index (χ2v) is 9.17. The van der Waals surface area contributed by atoms with Gasteiger partial charge in [0.2, 0.25) is 0 Å². The molecule has 194 valence electrons. The van der Waals surface area contributed by atoms with Gasteiger partial charge in [-0.05, 0) is 53.9 Å². The lowest BCUT2D eigenvalue weighted by atomic mass is 9.99. The van der Waals surface area contributed by atoms with Crippen molar-refractivity contribution < 1.29 is 19.1 Å². The van der Waals surface area contributed by atoms with Gasteiger partial charge in [-0.15, -0.1) is 0 Å². The predicted molar refractivity (Wildman–Crippen MR) is 147 cm³/mol. The summed E-state index contributed by atoms with van der Waals surface area (Å²) in [5.74, 6) is 0.915.